The van der Waals surface area contributed by atoms with Crippen LogP contribution in [0.15, 0.2) is 12.3 Å². The Balaban J connectivity index is 2.95. The summed E-state index contributed by atoms with van der Waals surface area (Å²) in [6.45, 7) is 12.9. The fourth-order valence-corrected chi connectivity index (χ4v) is 1.98. The summed E-state index contributed by atoms with van der Waals surface area (Å²) in [5.41, 5.74) is 7.96. The molecule has 0 radical (unpaired) electrons. The fraction of sp³-hybridized carbons (Fsp3) is 0.643. The van der Waals surface area contributed by atoms with Gasteiger partial charge >= 0.3 is 0 Å². The highest BCUT2D eigenvalue weighted by molar-refractivity contribution is 5.63. The van der Waals surface area contributed by atoms with E-state index in [-0.39, 0.29) is 0 Å². The van der Waals surface area contributed by atoms with Crippen LogP contribution < -0.4 is 10.6 Å². The Morgan fingerprint density at radius 3 is 2.12 bits per heavy atom. The average Bonchev–Trinajstić information content (AvgIpc) is 2.14. The fourth-order valence-electron chi connectivity index (χ4n) is 1.98. The molecule has 96 valence electrons. The summed E-state index contributed by atoms with van der Waals surface area (Å²) in [4.78, 5) is 6.78. The monoisotopic (exact) mass is 235 g/mol. The summed E-state index contributed by atoms with van der Waals surface area (Å²) in [5, 5.41) is 0. The summed E-state index contributed by atoms with van der Waals surface area (Å²) < 4.78 is 0. The maximum atomic E-state index is 6.07. The van der Waals surface area contributed by atoms with Crippen LogP contribution in [0.2, 0.25) is 0 Å². The van der Waals surface area contributed by atoms with Crippen molar-refractivity contribution >= 4 is 11.5 Å². The summed E-state index contributed by atoms with van der Waals surface area (Å²) in [6.07, 6.45) is 1.89. The Hall–Kier alpha value is -1.25. The van der Waals surface area contributed by atoms with Crippen molar-refractivity contribution in [1.29, 1.82) is 0 Å². The van der Waals surface area contributed by atoms with Crippen molar-refractivity contribution in [2.24, 2.45) is 11.8 Å². The molecule has 2 N–H and O–H groups in total. The lowest BCUT2D eigenvalue weighted by molar-refractivity contribution is 0.549. The molecule has 0 aliphatic heterocycles. The molecule has 0 saturated carbocycles. The summed E-state index contributed by atoms with van der Waals surface area (Å²) in [6, 6.07) is 2.00. The standard InChI is InChI=1S/C14H25N3/c1-10(2)8-17(9-11(3)4)14-13(15)6-12(5)7-16-14/h6-7,10-11H,8-9,15H2,1-5H3. The highest BCUT2D eigenvalue weighted by atomic mass is 15.2. The minimum absolute atomic E-state index is 0.608. The number of nitrogens with two attached hydrogens (primary N) is 1. The molecule has 1 aromatic heterocycles. The van der Waals surface area contributed by atoms with Gasteiger partial charge in [-0.3, -0.25) is 0 Å². The first-order valence-corrected chi connectivity index (χ1v) is 6.37. The van der Waals surface area contributed by atoms with Gasteiger partial charge in [0.25, 0.3) is 0 Å². The van der Waals surface area contributed by atoms with Gasteiger partial charge in [0.2, 0.25) is 0 Å². The zero-order valence-corrected chi connectivity index (χ0v) is 11.7. The lowest BCUT2D eigenvalue weighted by atomic mass is 10.1. The number of rotatable bonds is 5. The van der Waals surface area contributed by atoms with Crippen molar-refractivity contribution < 1.29 is 0 Å². The van der Waals surface area contributed by atoms with E-state index in [2.05, 4.69) is 37.6 Å². The third-order valence-corrected chi connectivity index (χ3v) is 2.50. The number of hydrogen-bond acceptors (Lipinski definition) is 3. The molecule has 1 heterocycles. The van der Waals surface area contributed by atoms with Crippen LogP contribution in [0.25, 0.3) is 0 Å². The van der Waals surface area contributed by atoms with E-state index < -0.39 is 0 Å². The molecule has 3 nitrogen and oxygen atoms in total. The first-order valence-electron chi connectivity index (χ1n) is 6.37. The zero-order valence-electron chi connectivity index (χ0n) is 11.7. The molecule has 0 saturated heterocycles. The molecule has 0 bridgehead atoms. The largest absolute Gasteiger partial charge is 0.396 e. The van der Waals surface area contributed by atoms with Crippen LogP contribution in [-0.4, -0.2) is 18.1 Å². The Morgan fingerprint density at radius 1 is 1.18 bits per heavy atom. The topological polar surface area (TPSA) is 42.2 Å². The van der Waals surface area contributed by atoms with Gasteiger partial charge in [0.15, 0.2) is 5.82 Å². The molecule has 0 amide bonds. The van der Waals surface area contributed by atoms with Gasteiger partial charge < -0.3 is 10.6 Å². The molecule has 1 aromatic rings. The third kappa shape index (κ3) is 4.25. The summed E-state index contributed by atoms with van der Waals surface area (Å²) in [5.74, 6) is 2.14. The molecular weight excluding hydrogens is 210 g/mol. The molecule has 0 unspecified atom stereocenters. The Bertz CT molecular complexity index is 348. The molecule has 17 heavy (non-hydrogen) atoms. The smallest absolute Gasteiger partial charge is 0.151 e. The van der Waals surface area contributed by atoms with Gasteiger partial charge in [0.05, 0.1) is 5.69 Å². The first kappa shape index (κ1) is 13.8. The molecule has 1 rings (SSSR count). The zero-order chi connectivity index (χ0) is 13.0. The van der Waals surface area contributed by atoms with Gasteiger partial charge in [-0.25, -0.2) is 4.98 Å². The van der Waals surface area contributed by atoms with Crippen LogP contribution in [0.5, 0.6) is 0 Å². The molecular formula is C14H25N3. The van der Waals surface area contributed by atoms with Crippen molar-refractivity contribution in [3.05, 3.63) is 17.8 Å². The number of aryl methyl sites for hydroxylation is 1. The second-order valence-corrected chi connectivity index (χ2v) is 5.62. The highest BCUT2D eigenvalue weighted by Gasteiger charge is 2.14. The van der Waals surface area contributed by atoms with Crippen LogP contribution >= 0.6 is 0 Å². The van der Waals surface area contributed by atoms with Crippen LogP contribution in [0.4, 0.5) is 11.5 Å². The second kappa shape index (κ2) is 5.89. The van der Waals surface area contributed by atoms with Gasteiger partial charge in [0.1, 0.15) is 0 Å². The number of anilines is 2. The van der Waals surface area contributed by atoms with Crippen LogP contribution in [0.3, 0.4) is 0 Å². The Morgan fingerprint density at radius 2 is 1.71 bits per heavy atom. The minimum Gasteiger partial charge on any atom is -0.396 e. The van der Waals surface area contributed by atoms with Crippen LogP contribution in [-0.2, 0) is 0 Å². The van der Waals surface area contributed by atoms with Crippen LogP contribution in [0.1, 0.15) is 33.3 Å². The number of nitrogen functional groups attached to an aromatic ring is 1. The molecule has 0 aliphatic carbocycles. The van der Waals surface area contributed by atoms with E-state index in [0.29, 0.717) is 11.8 Å². The third-order valence-electron chi connectivity index (χ3n) is 2.50. The normalized spacial score (nSPS) is 11.2. The average molecular weight is 235 g/mol. The van der Waals surface area contributed by atoms with Crippen molar-refractivity contribution in [2.75, 3.05) is 23.7 Å². The maximum Gasteiger partial charge on any atom is 0.151 e. The molecule has 0 aliphatic rings. The van der Waals surface area contributed by atoms with Crippen molar-refractivity contribution in [3.8, 4) is 0 Å². The number of nitrogens with zero attached hydrogens (tertiary/aromatic N) is 2. The number of aromatic nitrogens is 1. The predicted molar refractivity (Wildman–Crippen MR) is 75.3 cm³/mol. The van der Waals surface area contributed by atoms with E-state index in [1.165, 1.54) is 0 Å². The van der Waals surface area contributed by atoms with E-state index in [1.54, 1.807) is 0 Å². The summed E-state index contributed by atoms with van der Waals surface area (Å²) in [7, 11) is 0. The second-order valence-electron chi connectivity index (χ2n) is 5.62. The highest BCUT2D eigenvalue weighted by Crippen LogP contribution is 2.22. The van der Waals surface area contributed by atoms with Crippen molar-refractivity contribution in [1.82, 2.24) is 4.98 Å². The molecule has 0 aromatic carbocycles. The van der Waals surface area contributed by atoms with Gasteiger partial charge in [-0.15, -0.1) is 0 Å². The number of hydrogen-bond donors (Lipinski definition) is 1. The van der Waals surface area contributed by atoms with Gasteiger partial charge in [0, 0.05) is 19.3 Å². The predicted octanol–water partition coefficient (Wildman–Crippen LogP) is 3.09. The van der Waals surface area contributed by atoms with E-state index in [9.17, 15) is 0 Å². The maximum absolute atomic E-state index is 6.07. The lowest BCUT2D eigenvalue weighted by Crippen LogP contribution is -2.32. The Labute approximate surface area is 105 Å². The molecule has 3 heteroatoms. The van der Waals surface area contributed by atoms with Gasteiger partial charge in [-0.2, -0.15) is 0 Å². The van der Waals surface area contributed by atoms with E-state index in [1.807, 2.05) is 19.2 Å². The van der Waals surface area contributed by atoms with Gasteiger partial charge in [-0.05, 0) is 30.4 Å². The lowest BCUT2D eigenvalue weighted by Gasteiger charge is -2.28. The first-order chi connectivity index (χ1) is 7.90. The van der Waals surface area contributed by atoms with Crippen molar-refractivity contribution in [3.63, 3.8) is 0 Å². The Kier molecular flexibility index (Phi) is 4.79. The van der Waals surface area contributed by atoms with Crippen LogP contribution in [0, 0.1) is 18.8 Å². The molecule has 0 atom stereocenters. The van der Waals surface area contributed by atoms with E-state index in [0.717, 1.165) is 30.2 Å². The number of pyridine rings is 1. The minimum atomic E-state index is 0.608. The molecule has 0 fully saturated rings. The SMILES string of the molecule is Cc1cnc(N(CC(C)C)CC(C)C)c(N)c1. The van der Waals surface area contributed by atoms with Gasteiger partial charge in [-0.1, -0.05) is 27.7 Å². The van der Waals surface area contributed by atoms with E-state index in [4.69, 9.17) is 5.73 Å². The quantitative estimate of drug-likeness (QED) is 0.852. The van der Waals surface area contributed by atoms with E-state index >= 15 is 0 Å². The molecule has 0 spiro atoms. The van der Waals surface area contributed by atoms with Crippen molar-refractivity contribution in [2.45, 2.75) is 34.6 Å². The summed E-state index contributed by atoms with van der Waals surface area (Å²) >= 11 is 0.